The number of nitrogens with one attached hydrogen (secondary N) is 1. The van der Waals surface area contributed by atoms with Crippen LogP contribution >= 0.6 is 11.6 Å². The van der Waals surface area contributed by atoms with E-state index in [4.69, 9.17) is 22.6 Å². The molecule has 2 heterocycles. The van der Waals surface area contributed by atoms with Gasteiger partial charge in [-0.1, -0.05) is 24.6 Å². The Bertz CT molecular complexity index is 1130. The number of hydrogen-bond donors (Lipinski definition) is 1. The lowest BCUT2D eigenvalue weighted by molar-refractivity contribution is 0.0434. The van der Waals surface area contributed by atoms with Crippen molar-refractivity contribution < 1.29 is 24.5 Å². The number of amides is 1. The van der Waals surface area contributed by atoms with Crippen molar-refractivity contribution in [3.63, 3.8) is 0 Å². The summed E-state index contributed by atoms with van der Waals surface area (Å²) in [5.74, 6) is -1.96. The summed E-state index contributed by atoms with van der Waals surface area (Å²) in [7, 11) is 0. The van der Waals surface area contributed by atoms with Gasteiger partial charge in [0.2, 0.25) is 0 Å². The third-order valence-corrected chi connectivity index (χ3v) is 4.44. The van der Waals surface area contributed by atoms with E-state index >= 15 is 4.39 Å². The molecule has 1 amide bonds. The normalized spacial score (nSPS) is 25.1. The van der Waals surface area contributed by atoms with Crippen molar-refractivity contribution in [3.8, 4) is 0 Å². The van der Waals surface area contributed by atoms with Crippen LogP contribution < -0.4 is 5.32 Å². The molecular weight excluding hydrogens is 384 g/mol. The fourth-order valence-electron chi connectivity index (χ4n) is 2.50. The number of hydrogen-bond acceptors (Lipinski definition) is 3. The molecule has 3 rings (SSSR count). The molecule has 150 valence electrons. The van der Waals surface area contributed by atoms with Crippen molar-refractivity contribution in [2.24, 2.45) is 0 Å². The summed E-state index contributed by atoms with van der Waals surface area (Å²) in [4.78, 5) is 17.1. The molecule has 0 radical (unpaired) electrons. The van der Waals surface area contributed by atoms with Gasteiger partial charge in [0.15, 0.2) is 0 Å². The van der Waals surface area contributed by atoms with Gasteiger partial charge in [0.1, 0.15) is 11.5 Å². The number of aromatic nitrogens is 1. The Morgan fingerprint density at radius 3 is 2.75 bits per heavy atom. The highest BCUT2D eigenvalue weighted by atomic mass is 35.5. The van der Waals surface area contributed by atoms with E-state index in [2.05, 4.69) is 10.3 Å². The molecule has 1 N–H and O–H groups in total. The van der Waals surface area contributed by atoms with Crippen molar-refractivity contribution in [1.82, 2.24) is 15.2 Å². The second kappa shape index (κ2) is 8.97. The van der Waals surface area contributed by atoms with Crippen molar-refractivity contribution in [2.75, 3.05) is 19.5 Å². The summed E-state index contributed by atoms with van der Waals surface area (Å²) < 4.78 is 94.1. The molecule has 0 aliphatic carbocycles. The van der Waals surface area contributed by atoms with Crippen LogP contribution in [0.1, 0.15) is 52.3 Å². The molecule has 7 heteroatoms. The summed E-state index contributed by atoms with van der Waals surface area (Å²) in [6, 6.07) is 5.41. The number of likely N-dealkylation sites (tertiary alicyclic amines) is 1. The van der Waals surface area contributed by atoms with Gasteiger partial charge in [0.05, 0.1) is 10.7 Å². The van der Waals surface area contributed by atoms with Crippen LogP contribution in [-0.2, 0) is 12.9 Å². The number of carbonyl (C=O) groups is 1. The van der Waals surface area contributed by atoms with Crippen LogP contribution in [0, 0.1) is 5.82 Å². The second-order valence-corrected chi connectivity index (χ2v) is 6.66. The van der Waals surface area contributed by atoms with E-state index in [-0.39, 0.29) is 21.7 Å². The highest BCUT2D eigenvalue weighted by Crippen LogP contribution is 2.27. The Balaban J connectivity index is 1.80. The highest BCUT2D eigenvalue weighted by Gasteiger charge is 2.35. The maximum absolute atomic E-state index is 15.8. The fraction of sp³-hybridized carbons (Fsp3) is 0.429. The van der Waals surface area contributed by atoms with E-state index in [1.165, 1.54) is 19.1 Å². The van der Waals surface area contributed by atoms with Gasteiger partial charge in [-0.15, -0.1) is 0 Å². The largest absolute Gasteiger partial charge is 0.338 e. The summed E-state index contributed by atoms with van der Waals surface area (Å²) in [5.41, 5.74) is -2.84. The molecule has 0 spiro atoms. The fourth-order valence-corrected chi connectivity index (χ4v) is 2.68. The zero-order valence-corrected chi connectivity index (χ0v) is 15.8. The van der Waals surface area contributed by atoms with Crippen LogP contribution in [0.3, 0.4) is 0 Å². The lowest BCUT2D eigenvalue weighted by atomic mass is 9.92. The molecule has 0 atom stereocenters. The molecule has 1 aromatic carbocycles. The van der Waals surface area contributed by atoms with Crippen molar-refractivity contribution in [2.45, 2.75) is 38.3 Å². The number of nitrogens with zero attached hydrogens (tertiary/aromatic N) is 2. The first kappa shape index (κ1) is 12.5. The minimum atomic E-state index is -2.82. The quantitative estimate of drug-likeness (QED) is 0.770. The molecule has 4 nitrogen and oxygen atoms in total. The maximum Gasteiger partial charge on any atom is 0.253 e. The number of pyridine rings is 1. The van der Waals surface area contributed by atoms with Crippen LogP contribution in [-0.4, -0.2) is 41.0 Å². The maximum atomic E-state index is 15.8. The molecule has 1 aliphatic rings. The predicted molar refractivity (Wildman–Crippen MR) is 106 cm³/mol. The second-order valence-electron chi connectivity index (χ2n) is 6.25. The summed E-state index contributed by atoms with van der Waals surface area (Å²) in [6.07, 6.45) is -2.48. The van der Waals surface area contributed by atoms with Gasteiger partial charge in [-0.3, -0.25) is 9.78 Å². The van der Waals surface area contributed by atoms with E-state index in [0.29, 0.717) is 0 Å². The molecule has 1 fully saturated rings. The average molecular weight is 416 g/mol. The number of alkyl halides is 1. The number of halogens is 3. The van der Waals surface area contributed by atoms with E-state index in [1.807, 2.05) is 0 Å². The van der Waals surface area contributed by atoms with Gasteiger partial charge in [0.25, 0.3) is 5.91 Å². The van der Waals surface area contributed by atoms with Crippen LogP contribution in [0.25, 0.3) is 0 Å². The zero-order valence-electron chi connectivity index (χ0n) is 23.0. The first-order valence-corrected chi connectivity index (χ1v) is 8.86. The van der Waals surface area contributed by atoms with Gasteiger partial charge in [-0.25, -0.2) is 8.78 Å². The topological polar surface area (TPSA) is 45.2 Å². The minimum Gasteiger partial charge on any atom is -0.338 e. The van der Waals surface area contributed by atoms with E-state index in [1.54, 1.807) is 0 Å². The molecule has 0 bridgehead atoms. The third kappa shape index (κ3) is 5.06. The Morgan fingerprint density at radius 2 is 2.14 bits per heavy atom. The Labute approximate surface area is 180 Å². The molecule has 0 saturated carbocycles. The van der Waals surface area contributed by atoms with Crippen LogP contribution in [0.5, 0.6) is 0 Å². The standard InChI is InChI=1S/C21H24ClF2N3O/c1-2-15-3-5-17(26-12-15)13-25-14-21(24)7-9-27(10-8-21)20(28)16-4-6-19(23)18(22)11-16/h3-6,11-12,25H,2,7-10,13-14H2,1H3/i2D2,9D2,10D2,13D2. The van der Waals surface area contributed by atoms with Crippen LogP contribution in [0.4, 0.5) is 8.78 Å². The third-order valence-electron chi connectivity index (χ3n) is 4.15. The molecule has 28 heavy (non-hydrogen) atoms. The van der Waals surface area contributed by atoms with Crippen LogP contribution in [0.2, 0.25) is 5.02 Å². The van der Waals surface area contributed by atoms with Crippen molar-refractivity contribution in [3.05, 3.63) is 64.2 Å². The van der Waals surface area contributed by atoms with Gasteiger partial charge in [0, 0.05) is 61.6 Å². The minimum absolute atomic E-state index is 0.175. The Morgan fingerprint density at radius 1 is 1.39 bits per heavy atom. The molecular formula is C21H24ClF2N3O. The smallest absolute Gasteiger partial charge is 0.253 e. The Hall–Kier alpha value is -2.05. The molecule has 1 aromatic heterocycles. The van der Waals surface area contributed by atoms with E-state index in [0.717, 1.165) is 24.4 Å². The molecule has 1 saturated heterocycles. The van der Waals surface area contributed by atoms with Gasteiger partial charge in [-0.05, 0) is 36.2 Å². The summed E-state index contributed by atoms with van der Waals surface area (Å²) in [5, 5.41) is 1.90. The molecule has 2 aromatic rings. The lowest BCUT2D eigenvalue weighted by Crippen LogP contribution is -2.48. The van der Waals surface area contributed by atoms with Gasteiger partial charge < -0.3 is 10.2 Å². The first-order valence-electron chi connectivity index (χ1n) is 12.5. The predicted octanol–water partition coefficient (Wildman–Crippen LogP) is 4.17. The SMILES string of the molecule is [2H]C([2H])(C)c1ccc(C([2H])([2H])NCC2(F)CC([2H])([2H])N(C(=O)c3ccc(F)c(Cl)c3)C([2H])([2H])C2)nc1. The molecule has 0 unspecified atom stereocenters. The average Bonchev–Trinajstić information content (AvgIpc) is 2.72. The van der Waals surface area contributed by atoms with E-state index in [9.17, 15) is 9.18 Å². The monoisotopic (exact) mass is 415 g/mol. The molecule has 1 aliphatic heterocycles. The van der Waals surface area contributed by atoms with Crippen molar-refractivity contribution in [1.29, 1.82) is 0 Å². The number of rotatable bonds is 6. The van der Waals surface area contributed by atoms with Gasteiger partial charge >= 0.3 is 0 Å². The number of piperidine rings is 1. The summed E-state index contributed by atoms with van der Waals surface area (Å²) in [6.45, 7) is -7.55. The van der Waals surface area contributed by atoms with E-state index < -0.39 is 67.7 Å². The number of carbonyl (C=O) groups excluding carboxylic acids is 1. The summed E-state index contributed by atoms with van der Waals surface area (Å²) >= 11 is 5.69. The van der Waals surface area contributed by atoms with Gasteiger partial charge in [-0.2, -0.15) is 0 Å². The first-order chi connectivity index (χ1) is 16.3. The number of aryl methyl sites for hydroxylation is 1. The zero-order chi connectivity index (χ0) is 27.3. The lowest BCUT2D eigenvalue weighted by Gasteiger charge is -2.36. The van der Waals surface area contributed by atoms with Crippen LogP contribution in [0.15, 0.2) is 36.5 Å². The van der Waals surface area contributed by atoms with Crippen molar-refractivity contribution >= 4 is 17.5 Å². The Kier molecular flexibility index (Phi) is 4.00. The highest BCUT2D eigenvalue weighted by molar-refractivity contribution is 6.31. The number of benzene rings is 1.